The second kappa shape index (κ2) is 7.12. The molecule has 146 valence electrons. The van der Waals surface area contributed by atoms with Crippen LogP contribution < -0.4 is 20.5 Å². The Morgan fingerprint density at radius 1 is 1.14 bits per heavy atom. The van der Waals surface area contributed by atoms with Crippen LogP contribution in [-0.4, -0.2) is 42.7 Å². The molecular formula is C20H21FN4O3. The fourth-order valence-electron chi connectivity index (χ4n) is 3.59. The van der Waals surface area contributed by atoms with Crippen LogP contribution >= 0.6 is 0 Å². The molecule has 0 bridgehead atoms. The average molecular weight is 384 g/mol. The number of carbonyl (C=O) groups excluding carboxylic acids is 2. The number of nitrogens with one attached hydrogen (secondary N) is 2. The van der Waals surface area contributed by atoms with Crippen molar-refractivity contribution in [1.29, 1.82) is 0 Å². The molecule has 0 aliphatic carbocycles. The van der Waals surface area contributed by atoms with Gasteiger partial charge in [0.05, 0.1) is 12.8 Å². The Morgan fingerprint density at radius 3 is 2.50 bits per heavy atom. The second-order valence-electron chi connectivity index (χ2n) is 6.96. The first kappa shape index (κ1) is 18.2. The number of amides is 3. The van der Waals surface area contributed by atoms with Gasteiger partial charge in [-0.1, -0.05) is 6.07 Å². The summed E-state index contributed by atoms with van der Waals surface area (Å²) in [6.07, 6.45) is 1.10. The average Bonchev–Trinajstić information content (AvgIpc) is 3.04. The van der Waals surface area contributed by atoms with E-state index >= 15 is 0 Å². The third kappa shape index (κ3) is 3.38. The molecule has 2 N–H and O–H groups in total. The summed E-state index contributed by atoms with van der Waals surface area (Å²) in [7, 11) is 1.58. The summed E-state index contributed by atoms with van der Waals surface area (Å²) in [5, 5.41) is 4.27. The Bertz CT molecular complexity index is 895. The Balaban J connectivity index is 1.42. The monoisotopic (exact) mass is 384 g/mol. The minimum Gasteiger partial charge on any atom is -0.497 e. The summed E-state index contributed by atoms with van der Waals surface area (Å²) in [6.45, 7) is 0.990. The van der Waals surface area contributed by atoms with Crippen LogP contribution in [0.25, 0.3) is 0 Å². The summed E-state index contributed by atoms with van der Waals surface area (Å²) in [6, 6.07) is 12.5. The lowest BCUT2D eigenvalue weighted by molar-refractivity contribution is 0.0640. The number of hydrogen-bond donors (Lipinski definition) is 2. The topological polar surface area (TPSA) is 73.9 Å². The third-order valence-corrected chi connectivity index (χ3v) is 5.18. The van der Waals surface area contributed by atoms with Gasteiger partial charge in [0.2, 0.25) is 0 Å². The molecule has 0 aromatic heterocycles. The number of methoxy groups -OCH3 is 1. The van der Waals surface area contributed by atoms with Gasteiger partial charge in [0.15, 0.2) is 0 Å². The maximum atomic E-state index is 13.5. The molecule has 2 heterocycles. The number of benzene rings is 2. The van der Waals surface area contributed by atoms with Crippen LogP contribution in [0.15, 0.2) is 48.5 Å². The molecule has 2 aromatic carbocycles. The normalized spacial score (nSPS) is 18.3. The highest BCUT2D eigenvalue weighted by molar-refractivity contribution is 5.95. The van der Waals surface area contributed by atoms with Gasteiger partial charge in [-0.25, -0.2) is 19.6 Å². The van der Waals surface area contributed by atoms with Crippen LogP contribution in [0.2, 0.25) is 0 Å². The van der Waals surface area contributed by atoms with Gasteiger partial charge in [0.25, 0.3) is 5.91 Å². The number of ether oxygens (including phenoxy) is 1. The molecular weight excluding hydrogens is 363 g/mol. The van der Waals surface area contributed by atoms with Crippen LogP contribution in [0.4, 0.5) is 14.9 Å². The summed E-state index contributed by atoms with van der Waals surface area (Å²) >= 11 is 0. The number of carbonyl (C=O) groups is 2. The summed E-state index contributed by atoms with van der Waals surface area (Å²) in [5.41, 5.74) is 3.56. The smallest absolute Gasteiger partial charge is 0.338 e. The molecule has 2 saturated heterocycles. The van der Waals surface area contributed by atoms with Gasteiger partial charge >= 0.3 is 6.03 Å². The van der Waals surface area contributed by atoms with Crippen molar-refractivity contribution in [2.24, 2.45) is 0 Å². The first-order chi connectivity index (χ1) is 13.5. The van der Waals surface area contributed by atoms with Crippen LogP contribution in [-0.2, 0) is 0 Å². The quantitative estimate of drug-likeness (QED) is 0.853. The standard InChI is InChI=1S/C20H21FN4O3/c1-28-17-7-5-14(6-8-17)18(26)24-11-9-20(10-12-24)22-19(27)25(23-20)16-4-2-3-15(21)13-16/h2-8,13,23H,9-12H2,1H3,(H,22,27). The Morgan fingerprint density at radius 2 is 1.86 bits per heavy atom. The Kier molecular flexibility index (Phi) is 4.64. The molecule has 2 aliphatic heterocycles. The maximum Gasteiger partial charge on any atom is 0.338 e. The minimum atomic E-state index is -0.639. The van der Waals surface area contributed by atoms with E-state index in [-0.39, 0.29) is 11.9 Å². The van der Waals surface area contributed by atoms with E-state index in [4.69, 9.17) is 4.74 Å². The first-order valence-electron chi connectivity index (χ1n) is 9.09. The number of urea groups is 1. The second-order valence-corrected chi connectivity index (χ2v) is 6.96. The highest BCUT2D eigenvalue weighted by Crippen LogP contribution is 2.28. The lowest BCUT2D eigenvalue weighted by Crippen LogP contribution is -2.58. The van der Waals surface area contributed by atoms with Crippen molar-refractivity contribution in [3.8, 4) is 5.75 Å². The van der Waals surface area contributed by atoms with Crippen molar-refractivity contribution >= 4 is 17.6 Å². The maximum absolute atomic E-state index is 13.5. The van der Waals surface area contributed by atoms with Gasteiger partial charge < -0.3 is 15.0 Å². The lowest BCUT2D eigenvalue weighted by Gasteiger charge is -2.38. The van der Waals surface area contributed by atoms with Crippen molar-refractivity contribution < 1.29 is 18.7 Å². The number of halogens is 1. The van der Waals surface area contributed by atoms with Crippen LogP contribution in [0.3, 0.4) is 0 Å². The van der Waals surface area contributed by atoms with Crippen molar-refractivity contribution in [1.82, 2.24) is 15.6 Å². The fraction of sp³-hybridized carbons (Fsp3) is 0.300. The molecule has 3 amide bonds. The molecule has 4 rings (SSSR count). The lowest BCUT2D eigenvalue weighted by atomic mass is 9.97. The van der Waals surface area contributed by atoms with E-state index in [1.165, 1.54) is 17.1 Å². The van der Waals surface area contributed by atoms with Crippen molar-refractivity contribution in [3.05, 3.63) is 59.9 Å². The summed E-state index contributed by atoms with van der Waals surface area (Å²) in [4.78, 5) is 26.9. The van der Waals surface area contributed by atoms with E-state index in [9.17, 15) is 14.0 Å². The highest BCUT2D eigenvalue weighted by atomic mass is 19.1. The van der Waals surface area contributed by atoms with Crippen molar-refractivity contribution in [3.63, 3.8) is 0 Å². The molecule has 0 atom stereocenters. The molecule has 1 spiro atoms. The van der Waals surface area contributed by atoms with Crippen molar-refractivity contribution in [2.45, 2.75) is 18.5 Å². The van der Waals surface area contributed by atoms with Crippen LogP contribution in [0, 0.1) is 5.82 Å². The number of likely N-dealkylation sites (tertiary alicyclic amines) is 1. The summed E-state index contributed by atoms with van der Waals surface area (Å²) < 4.78 is 18.6. The molecule has 0 unspecified atom stereocenters. The van der Waals surface area contributed by atoms with Crippen LogP contribution in [0.5, 0.6) is 5.75 Å². The Hall–Kier alpha value is -3.13. The molecule has 0 saturated carbocycles. The van der Waals surface area contributed by atoms with Gasteiger partial charge in [0, 0.05) is 31.5 Å². The van der Waals surface area contributed by atoms with Gasteiger partial charge in [-0.3, -0.25) is 4.79 Å². The van der Waals surface area contributed by atoms with E-state index in [0.29, 0.717) is 42.9 Å². The number of anilines is 1. The SMILES string of the molecule is COc1ccc(C(=O)N2CCC3(CC2)NC(=O)N(c2cccc(F)c2)N3)cc1. The molecule has 7 nitrogen and oxygen atoms in total. The number of piperidine rings is 1. The molecule has 0 radical (unpaired) electrons. The minimum absolute atomic E-state index is 0.0520. The fourth-order valence-corrected chi connectivity index (χ4v) is 3.59. The van der Waals surface area contributed by atoms with Gasteiger partial charge in [0.1, 0.15) is 17.2 Å². The number of nitrogens with zero attached hydrogens (tertiary/aromatic N) is 2. The number of hydrazine groups is 1. The van der Waals surface area contributed by atoms with Gasteiger partial charge in [-0.05, 0) is 42.5 Å². The van der Waals surface area contributed by atoms with E-state index in [0.717, 1.165) is 0 Å². The van der Waals surface area contributed by atoms with Crippen LogP contribution in [0.1, 0.15) is 23.2 Å². The van der Waals surface area contributed by atoms with Gasteiger partial charge in [-0.2, -0.15) is 0 Å². The molecule has 2 fully saturated rings. The van der Waals surface area contributed by atoms with E-state index in [1.807, 2.05) is 0 Å². The zero-order valence-corrected chi connectivity index (χ0v) is 15.4. The van der Waals surface area contributed by atoms with E-state index < -0.39 is 11.5 Å². The molecule has 8 heteroatoms. The van der Waals surface area contributed by atoms with E-state index in [2.05, 4.69) is 10.7 Å². The van der Waals surface area contributed by atoms with E-state index in [1.54, 1.807) is 48.4 Å². The summed E-state index contributed by atoms with van der Waals surface area (Å²) in [5.74, 6) is 0.237. The number of rotatable bonds is 3. The zero-order chi connectivity index (χ0) is 19.7. The third-order valence-electron chi connectivity index (χ3n) is 5.18. The zero-order valence-electron chi connectivity index (χ0n) is 15.4. The molecule has 2 aromatic rings. The predicted molar refractivity (Wildman–Crippen MR) is 101 cm³/mol. The first-order valence-corrected chi connectivity index (χ1v) is 9.09. The molecule has 28 heavy (non-hydrogen) atoms. The van der Waals surface area contributed by atoms with Gasteiger partial charge in [-0.15, -0.1) is 0 Å². The molecule has 2 aliphatic rings. The highest BCUT2D eigenvalue weighted by Gasteiger charge is 2.45. The largest absolute Gasteiger partial charge is 0.497 e. The number of hydrogen-bond acceptors (Lipinski definition) is 4. The predicted octanol–water partition coefficient (Wildman–Crippen LogP) is 2.50. The Labute approximate surface area is 162 Å². The van der Waals surface area contributed by atoms with Crippen molar-refractivity contribution in [2.75, 3.05) is 25.2 Å².